The van der Waals surface area contributed by atoms with Gasteiger partial charge in [0.05, 0.1) is 25.2 Å². The number of nitrogens with one attached hydrogen (secondary N) is 1. The van der Waals surface area contributed by atoms with Crippen LogP contribution >= 0.6 is 11.3 Å². The Morgan fingerprint density at radius 2 is 2.00 bits per heavy atom. The summed E-state index contributed by atoms with van der Waals surface area (Å²) < 4.78 is 10.6. The maximum Gasteiger partial charge on any atom is 0.275 e. The molecule has 1 aliphatic carbocycles. The van der Waals surface area contributed by atoms with Gasteiger partial charge in [0.15, 0.2) is 0 Å². The van der Waals surface area contributed by atoms with Crippen molar-refractivity contribution >= 4 is 17.2 Å². The van der Waals surface area contributed by atoms with Crippen molar-refractivity contribution in [1.29, 1.82) is 0 Å². The van der Waals surface area contributed by atoms with Crippen molar-refractivity contribution in [3.8, 4) is 16.2 Å². The Balaban J connectivity index is 1.57. The Hall–Kier alpha value is -1.89. The zero-order chi connectivity index (χ0) is 16.5. The number of thiophene rings is 1. The molecule has 1 aromatic carbocycles. The lowest BCUT2D eigenvalue weighted by Gasteiger charge is -2.26. The van der Waals surface area contributed by atoms with Crippen LogP contribution in [0.2, 0.25) is 0 Å². The number of carbonyl (C=O) groups is 1. The molecule has 1 aliphatic heterocycles. The van der Waals surface area contributed by atoms with Crippen LogP contribution in [0.5, 0.6) is 5.75 Å². The third-order valence-electron chi connectivity index (χ3n) is 4.52. The Labute approximate surface area is 145 Å². The number of morpholine rings is 1. The molecule has 0 saturated carbocycles. The number of nitrogens with zero attached hydrogens (tertiary/aromatic N) is 1. The van der Waals surface area contributed by atoms with Gasteiger partial charge < -0.3 is 9.47 Å². The van der Waals surface area contributed by atoms with Gasteiger partial charge in [0.25, 0.3) is 5.91 Å². The van der Waals surface area contributed by atoms with Crippen molar-refractivity contribution in [3.63, 3.8) is 0 Å². The summed E-state index contributed by atoms with van der Waals surface area (Å²) in [5.41, 5.74) is 6.78. The quantitative estimate of drug-likeness (QED) is 0.929. The number of amides is 1. The third kappa shape index (κ3) is 2.92. The normalized spacial score (nSPS) is 17.0. The van der Waals surface area contributed by atoms with Gasteiger partial charge >= 0.3 is 0 Å². The molecule has 0 bridgehead atoms. The molecule has 2 heterocycles. The number of benzene rings is 1. The van der Waals surface area contributed by atoms with E-state index in [9.17, 15) is 4.79 Å². The summed E-state index contributed by atoms with van der Waals surface area (Å²) in [4.78, 5) is 14.5. The molecule has 2 aromatic rings. The second-order valence-electron chi connectivity index (χ2n) is 6.03. The van der Waals surface area contributed by atoms with E-state index in [1.54, 1.807) is 18.4 Å². The van der Waals surface area contributed by atoms with E-state index in [0.29, 0.717) is 13.2 Å². The van der Waals surface area contributed by atoms with Crippen LogP contribution in [0.4, 0.5) is 0 Å². The van der Waals surface area contributed by atoms with Crippen LogP contribution < -0.4 is 10.2 Å². The molecule has 126 valence electrons. The zero-order valence-corrected chi connectivity index (χ0v) is 14.4. The minimum atomic E-state index is -0.0219. The van der Waals surface area contributed by atoms with Gasteiger partial charge in [-0.2, -0.15) is 0 Å². The molecule has 5 nitrogen and oxygen atoms in total. The highest BCUT2D eigenvalue weighted by Crippen LogP contribution is 2.40. The van der Waals surface area contributed by atoms with Crippen LogP contribution in [-0.2, 0) is 17.6 Å². The number of hydrogen-bond acceptors (Lipinski definition) is 5. The summed E-state index contributed by atoms with van der Waals surface area (Å²) in [6, 6.07) is 8.24. The second kappa shape index (κ2) is 6.55. The topological polar surface area (TPSA) is 50.8 Å². The third-order valence-corrected chi connectivity index (χ3v) is 5.73. The summed E-state index contributed by atoms with van der Waals surface area (Å²) in [6.45, 7) is 2.80. The molecular formula is C18H20N2O3S. The van der Waals surface area contributed by atoms with Crippen LogP contribution in [0.25, 0.3) is 10.4 Å². The van der Waals surface area contributed by atoms with Gasteiger partial charge in [-0.25, -0.2) is 5.01 Å². The van der Waals surface area contributed by atoms with E-state index in [0.717, 1.165) is 36.6 Å². The molecule has 24 heavy (non-hydrogen) atoms. The fourth-order valence-electron chi connectivity index (χ4n) is 3.22. The average Bonchev–Trinajstić information content (AvgIpc) is 3.07. The first-order chi connectivity index (χ1) is 11.7. The Morgan fingerprint density at radius 1 is 1.21 bits per heavy atom. The molecular weight excluding hydrogens is 324 g/mol. The van der Waals surface area contributed by atoms with Gasteiger partial charge in [-0.05, 0) is 53.8 Å². The number of ether oxygens (including phenoxy) is 2. The smallest absolute Gasteiger partial charge is 0.275 e. The average molecular weight is 344 g/mol. The highest BCUT2D eigenvalue weighted by Gasteiger charge is 2.23. The van der Waals surface area contributed by atoms with E-state index < -0.39 is 0 Å². The number of hydrazine groups is 1. The SMILES string of the molecule is COc1ccc2c(c1)CCc1cc(C(=O)NN3CCOCC3)sc1-2. The van der Waals surface area contributed by atoms with Crippen LogP contribution in [0.3, 0.4) is 0 Å². The first kappa shape index (κ1) is 15.6. The predicted octanol–water partition coefficient (Wildman–Crippen LogP) is 2.50. The van der Waals surface area contributed by atoms with Gasteiger partial charge in [-0.1, -0.05) is 0 Å². The molecule has 1 saturated heterocycles. The largest absolute Gasteiger partial charge is 0.497 e. The summed E-state index contributed by atoms with van der Waals surface area (Å²) >= 11 is 1.58. The first-order valence-corrected chi connectivity index (χ1v) is 9.00. The zero-order valence-electron chi connectivity index (χ0n) is 13.6. The lowest BCUT2D eigenvalue weighted by atomic mass is 9.91. The van der Waals surface area contributed by atoms with Crippen molar-refractivity contribution in [2.24, 2.45) is 0 Å². The minimum absolute atomic E-state index is 0.0219. The van der Waals surface area contributed by atoms with Gasteiger partial charge in [0.1, 0.15) is 5.75 Å². The van der Waals surface area contributed by atoms with E-state index in [4.69, 9.17) is 9.47 Å². The molecule has 1 N–H and O–H groups in total. The van der Waals surface area contributed by atoms with Gasteiger partial charge in [0.2, 0.25) is 0 Å². The minimum Gasteiger partial charge on any atom is -0.497 e. The maximum absolute atomic E-state index is 12.5. The fraction of sp³-hybridized carbons (Fsp3) is 0.389. The molecule has 2 aliphatic rings. The highest BCUT2D eigenvalue weighted by atomic mass is 32.1. The fourth-order valence-corrected chi connectivity index (χ4v) is 4.38. The van der Waals surface area contributed by atoms with Crippen molar-refractivity contribution in [3.05, 3.63) is 40.3 Å². The molecule has 1 amide bonds. The highest BCUT2D eigenvalue weighted by molar-refractivity contribution is 7.17. The summed E-state index contributed by atoms with van der Waals surface area (Å²) in [6.07, 6.45) is 1.96. The molecule has 0 radical (unpaired) electrons. The molecule has 0 spiro atoms. The summed E-state index contributed by atoms with van der Waals surface area (Å²) in [5.74, 6) is 0.866. The number of carbonyl (C=O) groups excluding carboxylic acids is 1. The molecule has 1 aromatic heterocycles. The predicted molar refractivity (Wildman–Crippen MR) is 93.6 cm³/mol. The van der Waals surface area contributed by atoms with Gasteiger partial charge in [-0.3, -0.25) is 10.2 Å². The summed E-state index contributed by atoms with van der Waals surface area (Å²) in [7, 11) is 1.69. The van der Waals surface area contributed by atoms with Gasteiger partial charge in [0, 0.05) is 18.0 Å². The molecule has 1 fully saturated rings. The number of hydrogen-bond donors (Lipinski definition) is 1. The monoisotopic (exact) mass is 344 g/mol. The molecule has 6 heteroatoms. The molecule has 0 atom stereocenters. The van der Waals surface area contributed by atoms with Crippen LogP contribution in [0.1, 0.15) is 20.8 Å². The van der Waals surface area contributed by atoms with Crippen LogP contribution in [0, 0.1) is 0 Å². The van der Waals surface area contributed by atoms with E-state index in [-0.39, 0.29) is 5.91 Å². The van der Waals surface area contributed by atoms with E-state index in [1.165, 1.54) is 21.6 Å². The lowest BCUT2D eigenvalue weighted by Crippen LogP contribution is -2.48. The summed E-state index contributed by atoms with van der Waals surface area (Å²) in [5, 5.41) is 1.93. The van der Waals surface area contributed by atoms with E-state index in [2.05, 4.69) is 17.6 Å². The first-order valence-electron chi connectivity index (χ1n) is 8.18. The Morgan fingerprint density at radius 3 is 2.79 bits per heavy atom. The lowest BCUT2D eigenvalue weighted by molar-refractivity contribution is 0.0127. The number of rotatable bonds is 3. The van der Waals surface area contributed by atoms with Crippen molar-refractivity contribution in [2.45, 2.75) is 12.8 Å². The molecule has 0 unspecified atom stereocenters. The standard InChI is InChI=1S/C18H20N2O3S/c1-22-14-4-5-15-12(10-14)2-3-13-11-16(24-17(13)15)18(21)19-20-6-8-23-9-7-20/h4-5,10-11H,2-3,6-9H2,1H3,(H,19,21). The Kier molecular flexibility index (Phi) is 4.26. The van der Waals surface area contributed by atoms with Crippen LogP contribution in [0.15, 0.2) is 24.3 Å². The maximum atomic E-state index is 12.5. The van der Waals surface area contributed by atoms with Crippen molar-refractivity contribution < 1.29 is 14.3 Å². The Bertz CT molecular complexity index is 766. The molecule has 4 rings (SSSR count). The van der Waals surface area contributed by atoms with Gasteiger partial charge in [-0.15, -0.1) is 11.3 Å². The number of aryl methyl sites for hydroxylation is 2. The van der Waals surface area contributed by atoms with E-state index >= 15 is 0 Å². The second-order valence-corrected chi connectivity index (χ2v) is 7.08. The van der Waals surface area contributed by atoms with Crippen molar-refractivity contribution in [2.75, 3.05) is 33.4 Å². The van der Waals surface area contributed by atoms with Crippen molar-refractivity contribution in [1.82, 2.24) is 10.4 Å². The number of methoxy groups -OCH3 is 1. The van der Waals surface area contributed by atoms with E-state index in [1.807, 2.05) is 17.1 Å². The van der Waals surface area contributed by atoms with Crippen LogP contribution in [-0.4, -0.2) is 44.3 Å². The number of fused-ring (bicyclic) bond motifs is 3.